The van der Waals surface area contributed by atoms with E-state index < -0.39 is 36.8 Å². The van der Waals surface area contributed by atoms with Crippen molar-refractivity contribution < 1.29 is 44.1 Å². The SMILES string of the molecule is O=[P+](c1ccccc1)C(F)(F)C(F)(F)C(F)(F)C(F)(F)F. The van der Waals surface area contributed by atoms with Crippen molar-refractivity contribution in [3.63, 3.8) is 0 Å². The number of halogens is 9. The van der Waals surface area contributed by atoms with Crippen LogP contribution in [-0.2, 0) is 4.57 Å². The quantitative estimate of drug-likeness (QED) is 0.578. The Bertz CT molecular complexity index is 523. The van der Waals surface area contributed by atoms with E-state index in [1.54, 1.807) is 0 Å². The minimum Gasteiger partial charge on any atom is -0.189 e. The van der Waals surface area contributed by atoms with Gasteiger partial charge in [-0.25, -0.2) is 0 Å². The number of benzene rings is 1. The molecule has 1 nitrogen and oxygen atoms in total. The molecule has 0 saturated carbocycles. The molecule has 0 N–H and O–H groups in total. The molecular weight excluding hydrogens is 338 g/mol. The van der Waals surface area contributed by atoms with Crippen LogP contribution in [0, 0.1) is 0 Å². The second-order valence-electron chi connectivity index (χ2n) is 3.82. The molecule has 0 bridgehead atoms. The molecule has 21 heavy (non-hydrogen) atoms. The van der Waals surface area contributed by atoms with Crippen LogP contribution in [0.5, 0.6) is 0 Å². The Morgan fingerprint density at radius 3 is 1.52 bits per heavy atom. The molecule has 0 amide bonds. The lowest BCUT2D eigenvalue weighted by Gasteiger charge is -2.28. The molecule has 1 aromatic rings. The zero-order valence-electron chi connectivity index (χ0n) is 9.64. The molecule has 0 aliphatic heterocycles. The van der Waals surface area contributed by atoms with Crippen LogP contribution in [0.15, 0.2) is 30.3 Å². The largest absolute Gasteiger partial charge is 0.518 e. The molecular formula is C10H5F9OP+. The second kappa shape index (κ2) is 5.15. The summed E-state index contributed by atoms with van der Waals surface area (Å²) in [6.07, 6.45) is -6.92. The Morgan fingerprint density at radius 2 is 1.14 bits per heavy atom. The van der Waals surface area contributed by atoms with Gasteiger partial charge in [0, 0.05) is 0 Å². The van der Waals surface area contributed by atoms with Crippen molar-refractivity contribution in [1.29, 1.82) is 0 Å². The van der Waals surface area contributed by atoms with Gasteiger partial charge in [-0.05, 0) is 12.1 Å². The molecule has 0 aliphatic carbocycles. The van der Waals surface area contributed by atoms with Gasteiger partial charge in [-0.2, -0.15) is 30.7 Å². The smallest absolute Gasteiger partial charge is 0.189 e. The Balaban J connectivity index is 3.32. The number of hydrogen-bond donors (Lipinski definition) is 0. The maximum Gasteiger partial charge on any atom is 0.518 e. The summed E-state index contributed by atoms with van der Waals surface area (Å²) in [6, 6.07) is 4.48. The summed E-state index contributed by atoms with van der Waals surface area (Å²) in [6.45, 7) is 0. The average Bonchev–Trinajstić information content (AvgIpc) is 2.37. The highest BCUT2D eigenvalue weighted by Gasteiger charge is 2.88. The molecule has 0 heterocycles. The molecule has 118 valence electrons. The van der Waals surface area contributed by atoms with Crippen molar-refractivity contribution in [3.05, 3.63) is 30.3 Å². The Kier molecular flexibility index (Phi) is 4.35. The molecule has 0 fully saturated rings. The summed E-state index contributed by atoms with van der Waals surface area (Å²) in [7, 11) is -4.53. The van der Waals surface area contributed by atoms with Crippen LogP contribution < -0.4 is 5.30 Å². The molecule has 0 aromatic heterocycles. The lowest BCUT2D eigenvalue weighted by molar-refractivity contribution is -0.382. The lowest BCUT2D eigenvalue weighted by atomic mass is 10.1. The minimum atomic E-state index is -7.04. The first-order valence-corrected chi connectivity index (χ1v) is 6.25. The third-order valence-electron chi connectivity index (χ3n) is 2.37. The van der Waals surface area contributed by atoms with Gasteiger partial charge in [0.15, 0.2) is 5.30 Å². The van der Waals surface area contributed by atoms with Gasteiger partial charge in [0.05, 0.1) is 0 Å². The first kappa shape index (κ1) is 17.7. The van der Waals surface area contributed by atoms with Crippen LogP contribution >= 0.6 is 7.80 Å². The van der Waals surface area contributed by atoms with E-state index in [1.807, 2.05) is 0 Å². The number of alkyl halides is 9. The molecule has 0 aliphatic rings. The first-order chi connectivity index (χ1) is 9.27. The third kappa shape index (κ3) is 2.73. The van der Waals surface area contributed by atoms with E-state index >= 15 is 0 Å². The summed E-state index contributed by atoms with van der Waals surface area (Å²) in [5, 5.41) is -0.977. The Labute approximate surface area is 112 Å². The van der Waals surface area contributed by atoms with E-state index in [9.17, 15) is 44.1 Å². The van der Waals surface area contributed by atoms with Gasteiger partial charge in [0.25, 0.3) is 0 Å². The van der Waals surface area contributed by atoms with Gasteiger partial charge in [0.2, 0.25) is 0 Å². The van der Waals surface area contributed by atoms with Gasteiger partial charge in [-0.3, -0.25) is 0 Å². The van der Waals surface area contributed by atoms with E-state index in [4.69, 9.17) is 0 Å². The van der Waals surface area contributed by atoms with Crippen LogP contribution in [0.2, 0.25) is 0 Å². The van der Waals surface area contributed by atoms with Gasteiger partial charge in [-0.1, -0.05) is 22.8 Å². The van der Waals surface area contributed by atoms with Crippen LogP contribution in [-0.4, -0.2) is 23.7 Å². The van der Waals surface area contributed by atoms with E-state index in [2.05, 4.69) is 0 Å². The molecule has 0 radical (unpaired) electrons. The summed E-state index contributed by atoms with van der Waals surface area (Å²) in [5.74, 6) is -13.9. The predicted molar refractivity (Wildman–Crippen MR) is 54.6 cm³/mol. The van der Waals surface area contributed by atoms with Crippen LogP contribution in [0.3, 0.4) is 0 Å². The van der Waals surface area contributed by atoms with Crippen molar-refractivity contribution in [1.82, 2.24) is 0 Å². The van der Waals surface area contributed by atoms with Crippen LogP contribution in [0.25, 0.3) is 0 Å². The third-order valence-corrected chi connectivity index (χ3v) is 3.93. The minimum absolute atomic E-state index is 0.647. The standard InChI is InChI=1S/C10H5F9OP/c11-7(12,9(15,16)17)8(13,14)10(18,19)21(20)6-4-2-1-3-5-6/h1-5H/q+1. The highest BCUT2D eigenvalue weighted by molar-refractivity contribution is 7.54. The molecule has 1 rings (SSSR count). The highest BCUT2D eigenvalue weighted by Crippen LogP contribution is 2.60. The van der Waals surface area contributed by atoms with Crippen LogP contribution in [0.4, 0.5) is 39.5 Å². The fourth-order valence-corrected chi connectivity index (χ4v) is 2.38. The van der Waals surface area contributed by atoms with E-state index in [0.717, 1.165) is 12.1 Å². The van der Waals surface area contributed by atoms with Gasteiger partial charge >= 0.3 is 31.5 Å². The second-order valence-corrected chi connectivity index (χ2v) is 5.48. The summed E-state index contributed by atoms with van der Waals surface area (Å²) in [5.41, 5.74) is -6.09. The molecule has 1 atom stereocenters. The Morgan fingerprint density at radius 1 is 0.714 bits per heavy atom. The molecule has 0 saturated heterocycles. The van der Waals surface area contributed by atoms with E-state index in [1.165, 1.54) is 6.07 Å². The monoisotopic (exact) mass is 343 g/mol. The number of hydrogen-bond acceptors (Lipinski definition) is 1. The van der Waals surface area contributed by atoms with Crippen molar-refractivity contribution >= 4 is 13.1 Å². The molecule has 1 aromatic carbocycles. The maximum absolute atomic E-state index is 13.3. The lowest BCUT2D eigenvalue weighted by Crippen LogP contribution is -2.60. The molecule has 1 unspecified atom stereocenters. The topological polar surface area (TPSA) is 17.1 Å². The van der Waals surface area contributed by atoms with E-state index in [0.29, 0.717) is 12.1 Å². The van der Waals surface area contributed by atoms with Gasteiger partial charge < -0.3 is 0 Å². The van der Waals surface area contributed by atoms with Gasteiger partial charge in [-0.15, -0.1) is 8.78 Å². The van der Waals surface area contributed by atoms with Crippen molar-refractivity contribution in [2.45, 2.75) is 23.7 Å². The van der Waals surface area contributed by atoms with E-state index in [-0.39, 0.29) is 0 Å². The van der Waals surface area contributed by atoms with Crippen LogP contribution in [0.1, 0.15) is 0 Å². The first-order valence-electron chi connectivity index (χ1n) is 4.99. The van der Waals surface area contributed by atoms with Crippen molar-refractivity contribution in [2.75, 3.05) is 0 Å². The predicted octanol–water partition coefficient (Wildman–Crippen LogP) is 4.57. The summed E-state index contributed by atoms with van der Waals surface area (Å²) >= 11 is 0. The normalized spacial score (nSPS) is 15.0. The zero-order valence-corrected chi connectivity index (χ0v) is 10.5. The fraction of sp³-hybridized carbons (Fsp3) is 0.400. The Hall–Kier alpha value is -1.31. The van der Waals surface area contributed by atoms with Crippen molar-refractivity contribution in [2.24, 2.45) is 0 Å². The molecule has 11 heteroatoms. The fourth-order valence-electron chi connectivity index (χ4n) is 1.22. The summed E-state index contributed by atoms with van der Waals surface area (Å²) in [4.78, 5) is 0. The average molecular weight is 343 g/mol. The zero-order chi connectivity index (χ0) is 16.7. The number of rotatable bonds is 4. The molecule has 0 spiro atoms. The highest BCUT2D eigenvalue weighted by atomic mass is 31.1. The maximum atomic E-state index is 13.3. The summed E-state index contributed by atoms with van der Waals surface area (Å²) < 4.78 is 125. The van der Waals surface area contributed by atoms with Gasteiger partial charge in [0.1, 0.15) is 0 Å². The van der Waals surface area contributed by atoms with Crippen molar-refractivity contribution in [3.8, 4) is 0 Å².